The molecule has 89 heavy (non-hydrogen) atoms. The molecule has 22 N–H and O–H groups in total. The Bertz CT molecular complexity index is 2530. The van der Waals surface area contributed by atoms with Gasteiger partial charge < -0.3 is 91.8 Å². The number of benzene rings is 1. The number of nitrogens with two attached hydrogens (primary N) is 5. The van der Waals surface area contributed by atoms with Crippen molar-refractivity contribution in [1.82, 2.24) is 47.9 Å². The number of aliphatic imine (C=N–C) groups is 1. The molecule has 11 atom stereocenters. The summed E-state index contributed by atoms with van der Waals surface area (Å²) in [5, 5.41) is 52.4. The van der Waals surface area contributed by atoms with E-state index in [1.54, 1.807) is 59.9 Å². The highest BCUT2D eigenvalue weighted by atomic mass is 32.2. The lowest BCUT2D eigenvalue weighted by atomic mass is 9.96. The second-order valence-electron chi connectivity index (χ2n) is 22.5. The SMILES string of the molecule is CC[C@H](C)[C@H](NC(=O)[C@H](CC(=O)O)NC(=O)[C@H](CCCN=C(N)N)NC(=O)[C@H](CC(N)=O)NC(=O)[C@H](CCSC)NC(=O)[C@H](CC(C)C)NC(=O)[C@H](Cc1ccc(O)cc1)NC(=O)[C@@H](N)CCSC)C(=O)N[C@@H](CC(C)C)C(=O)N[C@@H](CCCCN)C(=O)O. The third-order valence-corrected chi connectivity index (χ3v) is 15.2. The maximum absolute atomic E-state index is 14.3. The van der Waals surface area contributed by atoms with Crippen LogP contribution in [0.5, 0.6) is 5.75 Å². The zero-order valence-electron chi connectivity index (χ0n) is 52.2. The normalized spacial score (nSPS) is 14.9. The Kier molecular flexibility index (Phi) is 38.0. The van der Waals surface area contributed by atoms with Gasteiger partial charge in [0.2, 0.25) is 59.1 Å². The van der Waals surface area contributed by atoms with Gasteiger partial charge in [-0.1, -0.05) is 60.1 Å². The molecule has 0 saturated heterocycles. The van der Waals surface area contributed by atoms with Gasteiger partial charge in [0, 0.05) is 13.0 Å². The number of guanidine groups is 1. The summed E-state index contributed by atoms with van der Waals surface area (Å²) in [4.78, 5) is 167. The lowest BCUT2D eigenvalue weighted by Crippen LogP contribution is -2.61. The molecule has 0 spiro atoms. The summed E-state index contributed by atoms with van der Waals surface area (Å²) in [5.41, 5.74) is 28.8. The Labute approximate surface area is 528 Å². The van der Waals surface area contributed by atoms with E-state index >= 15 is 0 Å². The topological polar surface area (TPSA) is 516 Å². The number of primary amides is 1. The summed E-state index contributed by atoms with van der Waals surface area (Å²) in [6.07, 6.45) is 2.79. The van der Waals surface area contributed by atoms with E-state index in [0.717, 1.165) is 0 Å². The second kappa shape index (κ2) is 42.5. The van der Waals surface area contributed by atoms with Gasteiger partial charge in [-0.05, 0) is 124 Å². The Hall–Kier alpha value is -7.45. The first kappa shape index (κ1) is 79.6. The summed E-state index contributed by atoms with van der Waals surface area (Å²) in [7, 11) is 0. The maximum atomic E-state index is 14.3. The smallest absolute Gasteiger partial charge is 0.326 e. The molecular formula is C57H97N15O15S2. The lowest BCUT2D eigenvalue weighted by Gasteiger charge is -2.29. The highest BCUT2D eigenvalue weighted by Crippen LogP contribution is 2.16. The van der Waals surface area contributed by atoms with Crippen molar-refractivity contribution in [2.75, 3.05) is 37.1 Å². The second-order valence-corrected chi connectivity index (χ2v) is 24.5. The van der Waals surface area contributed by atoms with Gasteiger partial charge in [0.15, 0.2) is 5.96 Å². The molecule has 0 aliphatic carbocycles. The molecule has 1 rings (SSSR count). The number of unbranched alkanes of at least 4 members (excludes halogenated alkanes) is 1. The molecule has 0 heterocycles. The van der Waals surface area contributed by atoms with E-state index in [4.69, 9.17) is 28.7 Å². The Morgan fingerprint density at radius 1 is 0.517 bits per heavy atom. The largest absolute Gasteiger partial charge is 0.508 e. The summed E-state index contributed by atoms with van der Waals surface area (Å²) >= 11 is 2.77. The van der Waals surface area contributed by atoms with Crippen molar-refractivity contribution in [1.29, 1.82) is 0 Å². The fraction of sp³-hybridized carbons (Fsp3) is 0.667. The zero-order chi connectivity index (χ0) is 67.5. The molecule has 0 fully saturated rings. The van der Waals surface area contributed by atoms with Gasteiger partial charge in [-0.3, -0.25) is 57.7 Å². The van der Waals surface area contributed by atoms with Crippen molar-refractivity contribution in [3.63, 3.8) is 0 Å². The molecule has 1 aromatic carbocycles. The van der Waals surface area contributed by atoms with Gasteiger partial charge in [-0.15, -0.1) is 0 Å². The molecule has 0 unspecified atom stereocenters. The van der Waals surface area contributed by atoms with Crippen LogP contribution in [0.2, 0.25) is 0 Å². The van der Waals surface area contributed by atoms with Crippen molar-refractivity contribution < 1.29 is 72.9 Å². The van der Waals surface area contributed by atoms with Crippen LogP contribution < -0.4 is 76.5 Å². The standard InChI is InChI=1S/C57H97N15O15S2/c1-9-32(6)46(55(85)71-40(26-31(4)5)51(81)66-38(56(86)87)13-10-11-21-58)72-54(84)43(29-45(75)76)70-48(78)36(14-12-22-63-57(61)62)64-53(83)42(28-44(60)74)69-49(79)37(20-24-89-8)65-50(80)39(25-30(2)3)68-52(82)41(27-33-15-17-34(73)18-16-33)67-47(77)35(59)19-23-88-7/h15-18,30-32,35-43,46,73H,9-14,19-29,58-59H2,1-8H3,(H2,60,74)(H,64,83)(H,65,80)(H,66,81)(H,67,77)(H,68,82)(H,69,79)(H,70,78)(H,71,85)(H,72,84)(H,75,76)(H,86,87)(H4,61,62,63)/t32-,35-,36-,37-,38-,39-,40-,41-,42-,43-,46-/m0/s1. The van der Waals surface area contributed by atoms with Crippen LogP contribution in [-0.2, 0) is 64.0 Å². The number of hydrogen-bond donors (Lipinski definition) is 17. The predicted octanol–water partition coefficient (Wildman–Crippen LogP) is -2.11. The number of nitrogens with one attached hydrogen (secondary N) is 9. The number of hydrogen-bond acceptors (Lipinski definition) is 18. The average molecular weight is 1300 g/mol. The van der Waals surface area contributed by atoms with Crippen LogP contribution in [0.1, 0.15) is 124 Å². The van der Waals surface area contributed by atoms with Gasteiger partial charge in [0.1, 0.15) is 60.1 Å². The number of aliphatic carboxylic acids is 2. The van der Waals surface area contributed by atoms with E-state index < -0.39 is 150 Å². The average Bonchev–Trinajstić information content (AvgIpc) is 3.53. The molecule has 1 aromatic rings. The van der Waals surface area contributed by atoms with Gasteiger partial charge in [0.25, 0.3) is 0 Å². The number of phenolic OH excluding ortho intramolecular Hbond substituents is 1. The molecule has 32 heteroatoms. The minimum atomic E-state index is -1.93. The fourth-order valence-corrected chi connectivity index (χ4v) is 9.77. The van der Waals surface area contributed by atoms with E-state index in [2.05, 4.69) is 52.8 Å². The third kappa shape index (κ3) is 32.0. The molecule has 30 nitrogen and oxygen atoms in total. The van der Waals surface area contributed by atoms with Crippen LogP contribution in [0.3, 0.4) is 0 Å². The van der Waals surface area contributed by atoms with Crippen molar-refractivity contribution in [2.45, 2.75) is 185 Å². The monoisotopic (exact) mass is 1300 g/mol. The van der Waals surface area contributed by atoms with Crippen LogP contribution in [0.4, 0.5) is 0 Å². The molecule has 0 saturated carbocycles. The highest BCUT2D eigenvalue weighted by molar-refractivity contribution is 7.98. The zero-order valence-corrected chi connectivity index (χ0v) is 53.9. The number of rotatable bonds is 45. The molecule has 10 amide bonds. The van der Waals surface area contributed by atoms with Crippen LogP contribution in [-0.4, -0.2) is 190 Å². The van der Waals surface area contributed by atoms with Crippen LogP contribution >= 0.6 is 23.5 Å². The number of phenols is 1. The van der Waals surface area contributed by atoms with E-state index in [1.165, 1.54) is 35.7 Å². The third-order valence-electron chi connectivity index (χ3n) is 13.9. The highest BCUT2D eigenvalue weighted by Gasteiger charge is 2.38. The van der Waals surface area contributed by atoms with Gasteiger partial charge in [-0.25, -0.2) is 4.79 Å². The van der Waals surface area contributed by atoms with E-state index in [0.29, 0.717) is 37.1 Å². The van der Waals surface area contributed by atoms with Crippen LogP contribution in [0, 0.1) is 17.8 Å². The number of carboxylic acid groups (broad SMARTS) is 2. The predicted molar refractivity (Wildman–Crippen MR) is 338 cm³/mol. The molecule has 0 radical (unpaired) electrons. The fourth-order valence-electron chi connectivity index (χ4n) is 8.81. The minimum Gasteiger partial charge on any atom is -0.508 e. The first-order chi connectivity index (χ1) is 41.9. The molecule has 502 valence electrons. The minimum absolute atomic E-state index is 0.0340. The number of carbonyl (C=O) groups excluding carboxylic acids is 10. The van der Waals surface area contributed by atoms with Crippen molar-refractivity contribution in [3.8, 4) is 5.75 Å². The number of aromatic hydroxyl groups is 1. The number of amides is 10. The van der Waals surface area contributed by atoms with E-state index in [9.17, 15) is 72.9 Å². The Balaban J connectivity index is 3.65. The molecule has 0 aromatic heterocycles. The summed E-state index contributed by atoms with van der Waals surface area (Å²) < 4.78 is 0. The quantitative estimate of drug-likeness (QED) is 0.0189. The summed E-state index contributed by atoms with van der Waals surface area (Å²) in [6.45, 7) is 10.6. The van der Waals surface area contributed by atoms with E-state index in [1.807, 2.05) is 6.26 Å². The summed E-state index contributed by atoms with van der Waals surface area (Å²) in [5.74, 6) is -13.0. The Morgan fingerprint density at radius 3 is 1.43 bits per heavy atom. The van der Waals surface area contributed by atoms with Crippen molar-refractivity contribution in [2.24, 2.45) is 51.4 Å². The van der Waals surface area contributed by atoms with Crippen molar-refractivity contribution in [3.05, 3.63) is 29.8 Å². The first-order valence-electron chi connectivity index (χ1n) is 29.6. The maximum Gasteiger partial charge on any atom is 0.326 e. The number of carboxylic acids is 2. The first-order valence-corrected chi connectivity index (χ1v) is 32.4. The van der Waals surface area contributed by atoms with Gasteiger partial charge in [0.05, 0.1) is 18.9 Å². The van der Waals surface area contributed by atoms with Crippen LogP contribution in [0.25, 0.3) is 0 Å². The lowest BCUT2D eigenvalue weighted by molar-refractivity contribution is -0.142. The molecule has 0 bridgehead atoms. The molecular weight excluding hydrogens is 1200 g/mol. The van der Waals surface area contributed by atoms with Gasteiger partial charge in [-0.2, -0.15) is 23.5 Å². The number of carbonyl (C=O) groups is 12. The number of nitrogens with zero attached hydrogens (tertiary/aromatic N) is 1. The molecule has 0 aliphatic rings. The van der Waals surface area contributed by atoms with Crippen molar-refractivity contribution >= 4 is 100 Å². The van der Waals surface area contributed by atoms with E-state index in [-0.39, 0.29) is 87.2 Å². The summed E-state index contributed by atoms with van der Waals surface area (Å²) in [6, 6.07) is -8.51. The number of thioether (sulfide) groups is 2. The van der Waals surface area contributed by atoms with Gasteiger partial charge >= 0.3 is 11.9 Å². The molecule has 0 aliphatic heterocycles. The van der Waals surface area contributed by atoms with Crippen LogP contribution in [0.15, 0.2) is 29.3 Å². The Morgan fingerprint density at radius 2 is 0.944 bits per heavy atom.